The number of methoxy groups -OCH3 is 1. The van der Waals surface area contributed by atoms with Gasteiger partial charge in [0.2, 0.25) is 12.3 Å². The zero-order valence-electron chi connectivity index (χ0n) is 11.7. The lowest BCUT2D eigenvalue weighted by atomic mass is 10.2. The van der Waals surface area contributed by atoms with Gasteiger partial charge in [-0.3, -0.25) is 0 Å². The summed E-state index contributed by atoms with van der Waals surface area (Å²) in [5, 5.41) is 7.44. The van der Waals surface area contributed by atoms with Gasteiger partial charge >= 0.3 is 5.97 Å². The zero-order chi connectivity index (χ0) is 15.4. The van der Waals surface area contributed by atoms with Gasteiger partial charge in [-0.05, 0) is 30.3 Å². The van der Waals surface area contributed by atoms with Crippen LogP contribution in [-0.4, -0.2) is 23.3 Å². The van der Waals surface area contributed by atoms with Crippen LogP contribution in [0.25, 0.3) is 11.5 Å². The number of hydrogen-bond donors (Lipinski definition) is 0. The van der Waals surface area contributed by atoms with Gasteiger partial charge in [0, 0.05) is 5.56 Å². The molecule has 112 valence electrons. The van der Waals surface area contributed by atoms with Gasteiger partial charge < -0.3 is 18.3 Å². The van der Waals surface area contributed by atoms with Crippen molar-refractivity contribution < 1.29 is 23.1 Å². The fraction of sp³-hybridized carbons (Fsp3) is 0.133. The molecule has 0 amide bonds. The molecular formula is C15H12N2O5. The Hall–Kier alpha value is -3.09. The minimum Gasteiger partial charge on any atom is -0.486 e. The molecule has 3 aromatic rings. The Balaban J connectivity index is 1.67. The van der Waals surface area contributed by atoms with Crippen molar-refractivity contribution in [3.05, 3.63) is 54.3 Å². The van der Waals surface area contributed by atoms with Gasteiger partial charge in [0.05, 0.1) is 13.4 Å². The van der Waals surface area contributed by atoms with Crippen molar-refractivity contribution in [3.63, 3.8) is 0 Å². The van der Waals surface area contributed by atoms with Crippen LogP contribution in [0.5, 0.6) is 5.75 Å². The Labute approximate surface area is 125 Å². The minimum absolute atomic E-state index is 0.122. The highest BCUT2D eigenvalue weighted by atomic mass is 16.5. The average Bonchev–Trinajstić information content (AvgIpc) is 3.24. The monoisotopic (exact) mass is 300 g/mol. The summed E-state index contributed by atoms with van der Waals surface area (Å²) >= 11 is 0. The fourth-order valence-corrected chi connectivity index (χ4v) is 1.89. The summed E-state index contributed by atoms with van der Waals surface area (Å²) in [5.41, 5.74) is 1.14. The number of ether oxygens (including phenoxy) is 2. The molecule has 0 aliphatic heterocycles. The first-order chi connectivity index (χ1) is 10.8. The van der Waals surface area contributed by atoms with E-state index < -0.39 is 5.97 Å². The van der Waals surface area contributed by atoms with Crippen molar-refractivity contribution in [2.24, 2.45) is 0 Å². The molecular weight excluding hydrogens is 288 g/mol. The number of carbonyl (C=O) groups is 1. The van der Waals surface area contributed by atoms with Crippen molar-refractivity contribution in [2.75, 3.05) is 7.11 Å². The molecule has 0 bridgehead atoms. The van der Waals surface area contributed by atoms with Gasteiger partial charge in [-0.1, -0.05) is 0 Å². The Morgan fingerprint density at radius 3 is 2.68 bits per heavy atom. The maximum atomic E-state index is 11.5. The second-order valence-electron chi connectivity index (χ2n) is 4.31. The van der Waals surface area contributed by atoms with Crippen LogP contribution in [0.15, 0.2) is 51.8 Å². The summed E-state index contributed by atoms with van der Waals surface area (Å²) in [4.78, 5) is 11.5. The molecule has 0 saturated heterocycles. The van der Waals surface area contributed by atoms with E-state index in [1.165, 1.54) is 19.8 Å². The molecule has 0 aliphatic rings. The summed E-state index contributed by atoms with van der Waals surface area (Å²) < 4.78 is 20.6. The lowest BCUT2D eigenvalue weighted by Crippen LogP contribution is -2.05. The zero-order valence-corrected chi connectivity index (χ0v) is 11.7. The van der Waals surface area contributed by atoms with Gasteiger partial charge in [-0.25, -0.2) is 4.79 Å². The minimum atomic E-state index is -0.459. The van der Waals surface area contributed by atoms with Crippen LogP contribution in [0.1, 0.15) is 16.1 Å². The normalized spacial score (nSPS) is 10.4. The van der Waals surface area contributed by atoms with Crippen molar-refractivity contribution in [1.82, 2.24) is 10.2 Å². The molecule has 0 fully saturated rings. The second-order valence-corrected chi connectivity index (χ2v) is 4.31. The van der Waals surface area contributed by atoms with Crippen molar-refractivity contribution in [3.8, 4) is 17.2 Å². The Morgan fingerprint density at radius 2 is 2.00 bits per heavy atom. The van der Waals surface area contributed by atoms with E-state index >= 15 is 0 Å². The van der Waals surface area contributed by atoms with Crippen molar-refractivity contribution in [1.29, 1.82) is 0 Å². The van der Waals surface area contributed by atoms with Crippen LogP contribution < -0.4 is 4.74 Å². The van der Waals surface area contributed by atoms with Gasteiger partial charge in [0.25, 0.3) is 0 Å². The van der Waals surface area contributed by atoms with Gasteiger partial charge in [0.15, 0.2) is 5.76 Å². The van der Waals surface area contributed by atoms with E-state index in [0.29, 0.717) is 23.0 Å². The third kappa shape index (κ3) is 2.83. The first-order valence-electron chi connectivity index (χ1n) is 6.42. The number of aromatic nitrogens is 2. The SMILES string of the molecule is COC(=O)c1ccoc1COc1ccc(-c2nnco2)cc1. The van der Waals surface area contributed by atoms with Crippen LogP contribution >= 0.6 is 0 Å². The predicted octanol–water partition coefficient (Wildman–Crippen LogP) is 2.70. The molecule has 0 radical (unpaired) electrons. The topological polar surface area (TPSA) is 87.6 Å². The molecule has 2 heterocycles. The highest BCUT2D eigenvalue weighted by Gasteiger charge is 2.15. The lowest BCUT2D eigenvalue weighted by Gasteiger charge is -2.06. The Kier molecular flexibility index (Phi) is 3.86. The van der Waals surface area contributed by atoms with Crippen LogP contribution in [0.2, 0.25) is 0 Å². The number of furan rings is 1. The second kappa shape index (κ2) is 6.13. The molecule has 7 heteroatoms. The van der Waals surface area contributed by atoms with E-state index in [2.05, 4.69) is 14.9 Å². The van der Waals surface area contributed by atoms with Crippen LogP contribution in [0, 0.1) is 0 Å². The van der Waals surface area contributed by atoms with E-state index in [4.69, 9.17) is 13.6 Å². The summed E-state index contributed by atoms with van der Waals surface area (Å²) in [6.07, 6.45) is 2.69. The van der Waals surface area contributed by atoms with Crippen LogP contribution in [-0.2, 0) is 11.3 Å². The standard InChI is InChI=1S/C15H12N2O5/c1-19-15(18)12-6-7-20-13(12)8-21-11-4-2-10(3-5-11)14-17-16-9-22-14/h2-7,9H,8H2,1H3. The number of benzene rings is 1. The van der Waals surface area contributed by atoms with E-state index in [-0.39, 0.29) is 6.61 Å². The van der Waals surface area contributed by atoms with E-state index in [9.17, 15) is 4.79 Å². The summed E-state index contributed by atoms with van der Waals surface area (Å²) in [6.45, 7) is 0.122. The molecule has 0 aliphatic carbocycles. The molecule has 2 aromatic heterocycles. The maximum absolute atomic E-state index is 11.5. The van der Waals surface area contributed by atoms with E-state index in [1.807, 2.05) is 0 Å². The number of carbonyl (C=O) groups excluding carboxylic acids is 1. The molecule has 0 unspecified atom stereocenters. The fourth-order valence-electron chi connectivity index (χ4n) is 1.89. The highest BCUT2D eigenvalue weighted by molar-refractivity contribution is 5.90. The third-order valence-corrected chi connectivity index (χ3v) is 2.98. The van der Waals surface area contributed by atoms with Gasteiger partial charge in [0.1, 0.15) is 17.9 Å². The quantitative estimate of drug-likeness (QED) is 0.669. The van der Waals surface area contributed by atoms with Crippen molar-refractivity contribution in [2.45, 2.75) is 6.61 Å². The number of hydrogen-bond acceptors (Lipinski definition) is 7. The van der Waals surface area contributed by atoms with Crippen molar-refractivity contribution >= 4 is 5.97 Å². The Bertz CT molecular complexity index is 747. The molecule has 22 heavy (non-hydrogen) atoms. The highest BCUT2D eigenvalue weighted by Crippen LogP contribution is 2.21. The van der Waals surface area contributed by atoms with E-state index in [1.54, 1.807) is 30.3 Å². The van der Waals surface area contributed by atoms with Crippen LogP contribution in [0.3, 0.4) is 0 Å². The maximum Gasteiger partial charge on any atom is 0.341 e. The molecule has 0 spiro atoms. The lowest BCUT2D eigenvalue weighted by molar-refractivity contribution is 0.0595. The first kappa shape index (κ1) is 13.9. The molecule has 3 rings (SSSR count). The van der Waals surface area contributed by atoms with Crippen LogP contribution in [0.4, 0.5) is 0 Å². The molecule has 7 nitrogen and oxygen atoms in total. The molecule has 0 N–H and O–H groups in total. The van der Waals surface area contributed by atoms with Gasteiger partial charge in [-0.15, -0.1) is 10.2 Å². The summed E-state index contributed by atoms with van der Waals surface area (Å²) in [6, 6.07) is 8.67. The molecule has 1 aromatic carbocycles. The average molecular weight is 300 g/mol. The summed E-state index contributed by atoms with van der Waals surface area (Å²) in [5.74, 6) is 1.01. The predicted molar refractivity (Wildman–Crippen MR) is 74.1 cm³/mol. The largest absolute Gasteiger partial charge is 0.486 e. The summed E-state index contributed by atoms with van der Waals surface area (Å²) in [7, 11) is 1.32. The third-order valence-electron chi connectivity index (χ3n) is 2.98. The number of rotatable bonds is 5. The number of esters is 1. The van der Waals surface area contributed by atoms with Gasteiger partial charge in [-0.2, -0.15) is 0 Å². The molecule has 0 saturated carbocycles. The first-order valence-corrected chi connectivity index (χ1v) is 6.42. The smallest absolute Gasteiger partial charge is 0.341 e. The van der Waals surface area contributed by atoms with E-state index in [0.717, 1.165) is 5.56 Å². The molecule has 0 atom stereocenters. The number of nitrogens with zero attached hydrogens (tertiary/aromatic N) is 2. The Morgan fingerprint density at radius 1 is 1.18 bits per heavy atom.